The molecule has 0 radical (unpaired) electrons. The van der Waals surface area contributed by atoms with E-state index in [2.05, 4.69) is 52.8 Å². The van der Waals surface area contributed by atoms with Crippen LogP contribution in [0.15, 0.2) is 24.3 Å². The van der Waals surface area contributed by atoms with Gasteiger partial charge in [-0.15, -0.1) is 0 Å². The van der Waals surface area contributed by atoms with Gasteiger partial charge in [-0.2, -0.15) is 0 Å². The lowest BCUT2D eigenvalue weighted by Gasteiger charge is -2.52. The monoisotopic (exact) mass is 427 g/mol. The maximum Gasteiger partial charge on any atom is 0.236 e. The summed E-state index contributed by atoms with van der Waals surface area (Å²) < 4.78 is 0. The zero-order chi connectivity index (χ0) is 21.8. The van der Waals surface area contributed by atoms with E-state index in [0.29, 0.717) is 6.54 Å². The zero-order valence-corrected chi connectivity index (χ0v) is 19.6. The Kier molecular flexibility index (Phi) is 7.22. The van der Waals surface area contributed by atoms with Crippen molar-refractivity contribution >= 4 is 11.6 Å². The Bertz CT molecular complexity index is 727. The van der Waals surface area contributed by atoms with Crippen molar-refractivity contribution in [2.45, 2.75) is 76.9 Å². The molecule has 1 saturated carbocycles. The predicted molar refractivity (Wildman–Crippen MR) is 126 cm³/mol. The smallest absolute Gasteiger partial charge is 0.236 e. The number of carbonyl (C=O) groups is 1. The lowest BCUT2D eigenvalue weighted by Crippen LogP contribution is -2.56. The summed E-state index contributed by atoms with van der Waals surface area (Å²) >= 11 is 0. The highest BCUT2D eigenvalue weighted by molar-refractivity contribution is 5.78. The predicted octanol–water partition coefficient (Wildman–Crippen LogP) is 4.21. The van der Waals surface area contributed by atoms with Crippen molar-refractivity contribution in [3.8, 4) is 0 Å². The van der Waals surface area contributed by atoms with E-state index in [0.717, 1.165) is 71.2 Å². The van der Waals surface area contributed by atoms with Gasteiger partial charge in [0.25, 0.3) is 0 Å². The first-order valence-corrected chi connectivity index (χ1v) is 12.6. The van der Waals surface area contributed by atoms with E-state index in [-0.39, 0.29) is 17.9 Å². The molecule has 31 heavy (non-hydrogen) atoms. The van der Waals surface area contributed by atoms with E-state index >= 15 is 0 Å². The van der Waals surface area contributed by atoms with Crippen LogP contribution < -0.4 is 4.90 Å². The summed E-state index contributed by atoms with van der Waals surface area (Å²) in [5, 5.41) is 11.5. The fraction of sp³-hybridized carbons (Fsp3) is 0.731. The van der Waals surface area contributed by atoms with E-state index in [9.17, 15) is 9.90 Å². The third-order valence-corrected chi connectivity index (χ3v) is 8.08. The fourth-order valence-electron chi connectivity index (χ4n) is 6.25. The molecule has 2 saturated heterocycles. The van der Waals surface area contributed by atoms with Crippen LogP contribution in [-0.2, 0) is 4.79 Å². The molecule has 5 nitrogen and oxygen atoms in total. The molecule has 5 heteroatoms. The molecule has 1 N–H and O–H groups in total. The van der Waals surface area contributed by atoms with Crippen molar-refractivity contribution in [1.82, 2.24) is 9.80 Å². The SMILES string of the molecule is CCN(CC)c1ccc([C@@H]2[C@H]3CCCC[C@]3(O)CCN2CC(=O)N2CCCCC2)cc1. The van der Waals surface area contributed by atoms with Gasteiger partial charge in [-0.05, 0) is 70.1 Å². The Morgan fingerprint density at radius 3 is 2.39 bits per heavy atom. The van der Waals surface area contributed by atoms with Crippen molar-refractivity contribution < 1.29 is 9.90 Å². The summed E-state index contributed by atoms with van der Waals surface area (Å²) in [6.45, 7) is 9.47. The number of nitrogens with zero attached hydrogens (tertiary/aromatic N) is 3. The molecule has 0 aromatic heterocycles. The van der Waals surface area contributed by atoms with Crippen LogP contribution in [-0.4, -0.2) is 65.7 Å². The zero-order valence-electron chi connectivity index (χ0n) is 19.6. The molecule has 3 aliphatic rings. The Morgan fingerprint density at radius 1 is 1.00 bits per heavy atom. The molecular weight excluding hydrogens is 386 g/mol. The third kappa shape index (κ3) is 4.78. The summed E-state index contributed by atoms with van der Waals surface area (Å²) in [6, 6.07) is 9.07. The average Bonchev–Trinajstić information content (AvgIpc) is 2.81. The molecule has 1 aromatic carbocycles. The van der Waals surface area contributed by atoms with Gasteiger partial charge < -0.3 is 14.9 Å². The molecule has 172 valence electrons. The standard InChI is InChI=1S/C26H41N3O2/c1-3-27(4-2)22-13-11-21(12-14-22)25-23-10-6-7-15-26(23,31)16-19-29(25)20-24(30)28-17-8-5-9-18-28/h11-14,23,25,31H,3-10,15-20H2,1-2H3/t23-,25-,26+/m1/s1. The Hall–Kier alpha value is -1.59. The van der Waals surface area contributed by atoms with Crippen molar-refractivity contribution in [3.63, 3.8) is 0 Å². The van der Waals surface area contributed by atoms with Crippen LogP contribution in [0.1, 0.15) is 76.8 Å². The van der Waals surface area contributed by atoms with Gasteiger partial charge in [-0.1, -0.05) is 25.0 Å². The van der Waals surface area contributed by atoms with Gasteiger partial charge in [0.05, 0.1) is 12.1 Å². The quantitative estimate of drug-likeness (QED) is 0.739. The number of piperidine rings is 2. The number of carbonyl (C=O) groups excluding carboxylic acids is 1. The van der Waals surface area contributed by atoms with Crippen LogP contribution in [0.4, 0.5) is 5.69 Å². The number of likely N-dealkylation sites (tertiary alicyclic amines) is 2. The normalized spacial score (nSPS) is 29.5. The number of fused-ring (bicyclic) bond motifs is 1. The van der Waals surface area contributed by atoms with Crippen molar-refractivity contribution in [2.75, 3.05) is 44.2 Å². The van der Waals surface area contributed by atoms with Gasteiger partial charge in [0, 0.05) is 50.4 Å². The maximum atomic E-state index is 13.1. The highest BCUT2D eigenvalue weighted by Gasteiger charge is 2.49. The summed E-state index contributed by atoms with van der Waals surface area (Å²) in [4.78, 5) is 19.9. The molecule has 2 aliphatic heterocycles. The van der Waals surface area contributed by atoms with Crippen molar-refractivity contribution in [2.24, 2.45) is 5.92 Å². The number of benzene rings is 1. The fourth-order valence-corrected chi connectivity index (χ4v) is 6.25. The van der Waals surface area contributed by atoms with E-state index in [1.165, 1.54) is 24.1 Å². The van der Waals surface area contributed by atoms with Crippen molar-refractivity contribution in [1.29, 1.82) is 0 Å². The Balaban J connectivity index is 1.58. The third-order valence-electron chi connectivity index (χ3n) is 8.08. The van der Waals surface area contributed by atoms with Gasteiger partial charge in [-0.25, -0.2) is 0 Å². The summed E-state index contributed by atoms with van der Waals surface area (Å²) in [5.74, 6) is 0.481. The highest BCUT2D eigenvalue weighted by atomic mass is 16.3. The molecule has 1 aliphatic carbocycles. The summed E-state index contributed by atoms with van der Waals surface area (Å²) in [7, 11) is 0. The molecule has 2 heterocycles. The molecule has 0 spiro atoms. The first-order valence-electron chi connectivity index (χ1n) is 12.6. The molecule has 1 amide bonds. The van der Waals surface area contributed by atoms with Crippen LogP contribution in [0.5, 0.6) is 0 Å². The van der Waals surface area contributed by atoms with Crippen LogP contribution >= 0.6 is 0 Å². The number of amides is 1. The lowest BCUT2D eigenvalue weighted by atomic mass is 9.66. The minimum absolute atomic E-state index is 0.124. The molecule has 1 aromatic rings. The van der Waals surface area contributed by atoms with Gasteiger partial charge in [0.1, 0.15) is 0 Å². The van der Waals surface area contributed by atoms with E-state index in [1.807, 2.05) is 0 Å². The topological polar surface area (TPSA) is 47.0 Å². The number of rotatable bonds is 6. The van der Waals surface area contributed by atoms with Crippen LogP contribution in [0.25, 0.3) is 0 Å². The number of hydrogen-bond donors (Lipinski definition) is 1. The van der Waals surface area contributed by atoms with Crippen LogP contribution in [0.2, 0.25) is 0 Å². The summed E-state index contributed by atoms with van der Waals surface area (Å²) in [6.07, 6.45) is 8.53. The van der Waals surface area contributed by atoms with Crippen molar-refractivity contribution in [3.05, 3.63) is 29.8 Å². The molecule has 3 atom stereocenters. The molecule has 4 rings (SSSR count). The summed E-state index contributed by atoms with van der Waals surface area (Å²) in [5.41, 5.74) is 1.93. The number of hydrogen-bond acceptors (Lipinski definition) is 4. The molecule has 0 unspecified atom stereocenters. The van der Waals surface area contributed by atoms with Crippen LogP contribution in [0, 0.1) is 5.92 Å². The second-order valence-electron chi connectivity index (χ2n) is 9.83. The highest BCUT2D eigenvalue weighted by Crippen LogP contribution is 2.49. The first kappa shape index (κ1) is 22.6. The number of anilines is 1. The number of aliphatic hydroxyl groups is 1. The van der Waals surface area contributed by atoms with Gasteiger partial charge >= 0.3 is 0 Å². The minimum Gasteiger partial charge on any atom is -0.389 e. The Morgan fingerprint density at radius 2 is 1.71 bits per heavy atom. The second-order valence-corrected chi connectivity index (χ2v) is 9.83. The lowest BCUT2D eigenvalue weighted by molar-refractivity contribution is -0.145. The van der Waals surface area contributed by atoms with Gasteiger partial charge in [-0.3, -0.25) is 9.69 Å². The van der Waals surface area contributed by atoms with E-state index in [1.54, 1.807) is 0 Å². The van der Waals surface area contributed by atoms with Crippen LogP contribution in [0.3, 0.4) is 0 Å². The largest absolute Gasteiger partial charge is 0.389 e. The second kappa shape index (κ2) is 9.91. The first-order chi connectivity index (χ1) is 15.1. The molecule has 0 bridgehead atoms. The molecule has 3 fully saturated rings. The maximum absolute atomic E-state index is 13.1. The van der Waals surface area contributed by atoms with E-state index < -0.39 is 5.60 Å². The average molecular weight is 428 g/mol. The molecular formula is C26H41N3O2. The minimum atomic E-state index is -0.578. The Labute approximate surface area is 188 Å². The van der Waals surface area contributed by atoms with E-state index in [4.69, 9.17) is 0 Å². The van der Waals surface area contributed by atoms with Gasteiger partial charge in [0.2, 0.25) is 5.91 Å². The van der Waals surface area contributed by atoms with Gasteiger partial charge in [0.15, 0.2) is 0 Å².